The van der Waals surface area contributed by atoms with Crippen molar-refractivity contribution in [1.29, 1.82) is 0 Å². The van der Waals surface area contributed by atoms with Crippen LogP contribution >= 0.6 is 11.3 Å². The summed E-state index contributed by atoms with van der Waals surface area (Å²) in [6.45, 7) is 4.09. The van der Waals surface area contributed by atoms with Gasteiger partial charge in [0.25, 0.3) is 0 Å². The molecule has 6 heteroatoms. The lowest BCUT2D eigenvalue weighted by atomic mass is 10.2. The van der Waals surface area contributed by atoms with Crippen molar-refractivity contribution in [2.75, 3.05) is 11.4 Å². The number of amides is 1. The summed E-state index contributed by atoms with van der Waals surface area (Å²) in [6.07, 6.45) is 0. The van der Waals surface area contributed by atoms with Crippen LogP contribution in [0, 0.1) is 12.7 Å². The monoisotopic (exact) mass is 294 g/mol. The van der Waals surface area contributed by atoms with Gasteiger partial charge in [0.2, 0.25) is 5.91 Å². The van der Waals surface area contributed by atoms with Crippen LogP contribution in [0.25, 0.3) is 0 Å². The van der Waals surface area contributed by atoms with Gasteiger partial charge in [0, 0.05) is 23.3 Å². The summed E-state index contributed by atoms with van der Waals surface area (Å²) in [6, 6.07) is 5.74. The van der Waals surface area contributed by atoms with E-state index in [0.717, 1.165) is 17.0 Å². The molecule has 2 aromatic rings. The van der Waals surface area contributed by atoms with E-state index >= 15 is 0 Å². The highest BCUT2D eigenvalue weighted by atomic mass is 32.1. The van der Waals surface area contributed by atoms with E-state index in [2.05, 4.69) is 0 Å². The lowest BCUT2D eigenvalue weighted by molar-refractivity contribution is -0.119. The van der Waals surface area contributed by atoms with Crippen molar-refractivity contribution in [3.05, 3.63) is 50.8 Å². The minimum atomic E-state index is -0.345. The number of halogens is 1. The molecule has 0 saturated carbocycles. The fourth-order valence-electron chi connectivity index (χ4n) is 1.94. The minimum absolute atomic E-state index is 0.000612. The largest absolute Gasteiger partial charge is 0.311 e. The second kappa shape index (κ2) is 6.00. The Morgan fingerprint density at radius 3 is 2.50 bits per heavy atom. The number of aryl methyl sites for hydroxylation is 1. The van der Waals surface area contributed by atoms with Crippen LogP contribution in [0.2, 0.25) is 0 Å². The summed E-state index contributed by atoms with van der Waals surface area (Å²) in [7, 11) is 0. The van der Waals surface area contributed by atoms with E-state index in [-0.39, 0.29) is 23.1 Å². The summed E-state index contributed by atoms with van der Waals surface area (Å²) < 4.78 is 14.4. The number of hydrogen-bond acceptors (Lipinski definition) is 3. The maximum Gasteiger partial charge on any atom is 0.307 e. The number of benzene rings is 1. The first kappa shape index (κ1) is 14.5. The number of thiazole rings is 1. The van der Waals surface area contributed by atoms with Gasteiger partial charge >= 0.3 is 4.87 Å². The molecule has 0 aliphatic heterocycles. The van der Waals surface area contributed by atoms with Crippen molar-refractivity contribution in [2.24, 2.45) is 0 Å². The van der Waals surface area contributed by atoms with E-state index in [0.29, 0.717) is 12.2 Å². The standard InChI is InChI=1S/C14H15FN2O2S/c1-3-16(12-6-4-11(15)5-7-12)13(18)8-17-10(2)9-20-14(17)19/h4-7,9H,3,8H2,1-2H3. The van der Waals surface area contributed by atoms with Crippen LogP contribution in [0.4, 0.5) is 10.1 Å². The van der Waals surface area contributed by atoms with Gasteiger partial charge in [-0.1, -0.05) is 11.3 Å². The zero-order valence-corrected chi connectivity index (χ0v) is 12.1. The summed E-state index contributed by atoms with van der Waals surface area (Å²) in [5.41, 5.74) is 1.39. The Morgan fingerprint density at radius 1 is 1.35 bits per heavy atom. The third-order valence-electron chi connectivity index (χ3n) is 3.03. The maximum absolute atomic E-state index is 12.9. The van der Waals surface area contributed by atoms with Gasteiger partial charge in [-0.2, -0.15) is 0 Å². The average molecular weight is 294 g/mol. The molecule has 20 heavy (non-hydrogen) atoms. The van der Waals surface area contributed by atoms with Crippen molar-refractivity contribution >= 4 is 22.9 Å². The zero-order chi connectivity index (χ0) is 14.7. The van der Waals surface area contributed by atoms with E-state index in [1.54, 1.807) is 24.4 Å². The van der Waals surface area contributed by atoms with Gasteiger partial charge in [0.05, 0.1) is 0 Å². The van der Waals surface area contributed by atoms with Gasteiger partial charge in [-0.25, -0.2) is 4.39 Å². The topological polar surface area (TPSA) is 42.3 Å². The summed E-state index contributed by atoms with van der Waals surface area (Å²) in [5, 5.41) is 1.73. The molecule has 0 radical (unpaired) electrons. The van der Waals surface area contributed by atoms with Gasteiger partial charge in [-0.05, 0) is 38.1 Å². The Kier molecular flexibility index (Phi) is 4.34. The van der Waals surface area contributed by atoms with E-state index in [9.17, 15) is 14.0 Å². The van der Waals surface area contributed by atoms with E-state index in [1.807, 2.05) is 6.92 Å². The quantitative estimate of drug-likeness (QED) is 0.869. The first-order valence-corrected chi connectivity index (χ1v) is 7.11. The van der Waals surface area contributed by atoms with Crippen LogP contribution < -0.4 is 9.77 Å². The number of rotatable bonds is 4. The predicted molar refractivity (Wildman–Crippen MR) is 77.7 cm³/mol. The molecule has 0 fully saturated rings. The van der Waals surface area contributed by atoms with Crippen LogP contribution in [0.3, 0.4) is 0 Å². The molecule has 0 saturated heterocycles. The Hall–Kier alpha value is -1.95. The van der Waals surface area contributed by atoms with Crippen molar-refractivity contribution < 1.29 is 9.18 Å². The van der Waals surface area contributed by atoms with E-state index < -0.39 is 0 Å². The molecule has 0 unspecified atom stereocenters. The van der Waals surface area contributed by atoms with Gasteiger partial charge in [0.15, 0.2) is 0 Å². The van der Waals surface area contributed by atoms with Gasteiger partial charge < -0.3 is 4.90 Å². The van der Waals surface area contributed by atoms with Crippen LogP contribution in [0.5, 0.6) is 0 Å². The molecule has 0 atom stereocenters. The number of carbonyl (C=O) groups excluding carboxylic acids is 1. The Labute approximate surface area is 120 Å². The second-order valence-corrected chi connectivity index (χ2v) is 5.16. The summed E-state index contributed by atoms with van der Waals surface area (Å²) in [5.74, 6) is -0.537. The Morgan fingerprint density at radius 2 is 2.00 bits per heavy atom. The van der Waals surface area contributed by atoms with Crippen LogP contribution in [0.15, 0.2) is 34.4 Å². The summed E-state index contributed by atoms with van der Waals surface area (Å²) >= 11 is 1.08. The smallest absolute Gasteiger partial charge is 0.307 e. The molecule has 0 aliphatic rings. The van der Waals surface area contributed by atoms with Gasteiger partial charge in [-0.15, -0.1) is 0 Å². The molecule has 0 spiro atoms. The third kappa shape index (κ3) is 2.96. The minimum Gasteiger partial charge on any atom is -0.311 e. The molecular formula is C14H15FN2O2S. The van der Waals surface area contributed by atoms with Crippen molar-refractivity contribution in [2.45, 2.75) is 20.4 Å². The molecule has 0 N–H and O–H groups in total. The first-order chi connectivity index (χ1) is 9.52. The molecule has 1 amide bonds. The molecule has 1 heterocycles. The molecule has 106 valence electrons. The fraction of sp³-hybridized carbons (Fsp3) is 0.286. The van der Waals surface area contributed by atoms with E-state index in [1.165, 1.54) is 21.6 Å². The number of aromatic nitrogens is 1. The fourth-order valence-corrected chi connectivity index (χ4v) is 2.68. The normalized spacial score (nSPS) is 10.6. The predicted octanol–water partition coefficient (Wildman–Crippen LogP) is 2.41. The molecule has 1 aromatic carbocycles. The van der Waals surface area contributed by atoms with E-state index in [4.69, 9.17) is 0 Å². The lowest BCUT2D eigenvalue weighted by Gasteiger charge is -2.21. The highest BCUT2D eigenvalue weighted by Crippen LogP contribution is 2.15. The highest BCUT2D eigenvalue weighted by Gasteiger charge is 2.16. The van der Waals surface area contributed by atoms with Crippen molar-refractivity contribution in [1.82, 2.24) is 4.57 Å². The van der Waals surface area contributed by atoms with Gasteiger partial charge in [-0.3, -0.25) is 14.2 Å². The van der Waals surface area contributed by atoms with Gasteiger partial charge in [0.1, 0.15) is 12.4 Å². The molecule has 4 nitrogen and oxygen atoms in total. The molecular weight excluding hydrogens is 279 g/mol. The van der Waals surface area contributed by atoms with Crippen LogP contribution in [0.1, 0.15) is 12.6 Å². The van der Waals surface area contributed by atoms with Crippen LogP contribution in [-0.2, 0) is 11.3 Å². The second-order valence-electron chi connectivity index (χ2n) is 4.34. The molecule has 2 rings (SSSR count). The number of carbonyl (C=O) groups is 1. The Bertz CT molecular complexity index is 661. The SMILES string of the molecule is CCN(C(=O)Cn1c(C)csc1=O)c1ccc(F)cc1. The average Bonchev–Trinajstić information content (AvgIpc) is 2.73. The Balaban J connectivity index is 2.22. The van der Waals surface area contributed by atoms with Crippen molar-refractivity contribution in [3.63, 3.8) is 0 Å². The zero-order valence-electron chi connectivity index (χ0n) is 11.3. The van der Waals surface area contributed by atoms with Crippen molar-refractivity contribution in [3.8, 4) is 0 Å². The molecule has 1 aromatic heterocycles. The number of hydrogen-bond donors (Lipinski definition) is 0. The third-order valence-corrected chi connectivity index (χ3v) is 3.91. The molecule has 0 aliphatic carbocycles. The first-order valence-electron chi connectivity index (χ1n) is 6.23. The lowest BCUT2D eigenvalue weighted by Crippen LogP contribution is -2.35. The highest BCUT2D eigenvalue weighted by molar-refractivity contribution is 7.07. The maximum atomic E-state index is 12.9. The van der Waals surface area contributed by atoms with Crippen LogP contribution in [-0.4, -0.2) is 17.0 Å². The number of nitrogens with zero attached hydrogens (tertiary/aromatic N) is 2. The number of likely N-dealkylation sites (N-methyl/N-ethyl adjacent to an activating group) is 1. The number of anilines is 1. The molecule has 0 bridgehead atoms. The summed E-state index contributed by atoms with van der Waals surface area (Å²) in [4.78, 5) is 25.3.